The summed E-state index contributed by atoms with van der Waals surface area (Å²) in [4.78, 5) is 0. The Bertz CT molecular complexity index is 2820. The summed E-state index contributed by atoms with van der Waals surface area (Å²) in [6.07, 6.45) is 10.5. The number of hydrogen-bond acceptors (Lipinski definition) is 0. The number of rotatable bonds is 6. The lowest BCUT2D eigenvalue weighted by Gasteiger charge is -2.31. The minimum atomic E-state index is 0. The van der Waals surface area contributed by atoms with E-state index in [9.17, 15) is 0 Å². The van der Waals surface area contributed by atoms with Crippen LogP contribution in [0.4, 0.5) is 0 Å². The summed E-state index contributed by atoms with van der Waals surface area (Å²) in [5.74, 6) is 0.772. The van der Waals surface area contributed by atoms with Crippen LogP contribution in [0.25, 0.3) is 38.6 Å². The molecule has 3 aliphatic carbocycles. The Balaban J connectivity index is 0.000000219. The van der Waals surface area contributed by atoms with Crippen LogP contribution in [0.1, 0.15) is 139 Å². The molecule has 7 aromatic rings. The highest BCUT2D eigenvalue weighted by atomic mass is 14.4. The summed E-state index contributed by atoms with van der Waals surface area (Å²) in [5, 5.41) is 2.78. The third kappa shape index (κ3) is 8.67. The quantitative estimate of drug-likeness (QED) is 0.157. The minimum absolute atomic E-state index is 0. The standard InChI is InChI=1S/C41H44.C14H14.C7H8.CH4/c1-9-41(10-2)38-24-31(18-20-35(38)40-34-14-12-11-13-32(34)28(6)23-39(40)41)29(7)30(8)33-19-16-26(4)22-37(33)36-21-25(3)15-17-27(36)5;1-10-6-7-14-12(8-10)9-11-4-2-3-5-13(11)14;1-7-5-3-2-4-6-7;/h11-24,29-30H,9-10H2,1-8H3;3,5-8H,2,4,9H2,1H3;2-6H,1H3;1H4. The van der Waals surface area contributed by atoms with Gasteiger partial charge in [-0.25, -0.2) is 0 Å². The highest BCUT2D eigenvalue weighted by molar-refractivity contribution is 6.04. The van der Waals surface area contributed by atoms with E-state index < -0.39 is 0 Å². The van der Waals surface area contributed by atoms with Crippen LogP contribution in [0.5, 0.6) is 0 Å². The third-order valence-electron chi connectivity index (χ3n) is 14.6. The number of hydrogen-bond donors (Lipinski definition) is 0. The Morgan fingerprint density at radius 1 is 0.524 bits per heavy atom. The van der Waals surface area contributed by atoms with Gasteiger partial charge in [0.05, 0.1) is 0 Å². The normalized spacial score (nSPS) is 14.8. The van der Waals surface area contributed by atoms with Crippen LogP contribution in [0.2, 0.25) is 0 Å². The van der Waals surface area contributed by atoms with Crippen molar-refractivity contribution >= 4 is 16.3 Å². The van der Waals surface area contributed by atoms with Crippen molar-refractivity contribution in [2.75, 3.05) is 0 Å². The van der Waals surface area contributed by atoms with Gasteiger partial charge in [0.25, 0.3) is 0 Å². The summed E-state index contributed by atoms with van der Waals surface area (Å²) in [6.45, 7) is 22.8. The smallest absolute Gasteiger partial charge is 0.0210 e. The summed E-state index contributed by atoms with van der Waals surface area (Å²) >= 11 is 0. The second kappa shape index (κ2) is 18.9. The van der Waals surface area contributed by atoms with Crippen LogP contribution in [-0.2, 0) is 11.8 Å². The average Bonchev–Trinajstić information content (AvgIpc) is 3.79. The van der Waals surface area contributed by atoms with Gasteiger partial charge in [0, 0.05) is 5.41 Å². The van der Waals surface area contributed by atoms with Gasteiger partial charge in [0.1, 0.15) is 0 Å². The molecule has 0 heteroatoms. The second-order valence-corrected chi connectivity index (χ2v) is 18.7. The van der Waals surface area contributed by atoms with Crippen LogP contribution in [0.15, 0.2) is 151 Å². The van der Waals surface area contributed by atoms with E-state index in [0.29, 0.717) is 11.8 Å². The molecule has 0 saturated heterocycles. The second-order valence-electron chi connectivity index (χ2n) is 18.7. The van der Waals surface area contributed by atoms with E-state index in [1.165, 1.54) is 125 Å². The minimum Gasteiger partial charge on any atom is -0.0836 e. The topological polar surface area (TPSA) is 0 Å². The third-order valence-corrected chi connectivity index (χ3v) is 14.6. The summed E-state index contributed by atoms with van der Waals surface area (Å²) in [7, 11) is 0. The number of allylic oxidation sites excluding steroid dienone is 4. The van der Waals surface area contributed by atoms with E-state index in [1.54, 1.807) is 5.57 Å². The van der Waals surface area contributed by atoms with Crippen LogP contribution in [0.3, 0.4) is 0 Å². The van der Waals surface area contributed by atoms with Crippen molar-refractivity contribution in [3.05, 3.63) is 218 Å². The molecule has 0 bridgehead atoms. The van der Waals surface area contributed by atoms with Crippen molar-refractivity contribution in [1.29, 1.82) is 0 Å². The van der Waals surface area contributed by atoms with Gasteiger partial charge in [-0.2, -0.15) is 0 Å². The molecule has 10 rings (SSSR count). The van der Waals surface area contributed by atoms with Crippen LogP contribution < -0.4 is 0 Å². The number of aryl methyl sites for hydroxylation is 6. The molecular formula is C63H70. The monoisotopic (exact) mass is 827 g/mol. The van der Waals surface area contributed by atoms with Crippen molar-refractivity contribution in [1.82, 2.24) is 0 Å². The van der Waals surface area contributed by atoms with Crippen LogP contribution in [0, 0.1) is 41.5 Å². The molecule has 63 heavy (non-hydrogen) atoms. The van der Waals surface area contributed by atoms with E-state index in [1.807, 2.05) is 18.2 Å². The molecule has 2 unspecified atom stereocenters. The predicted molar refractivity (Wildman–Crippen MR) is 276 cm³/mol. The molecule has 0 radical (unpaired) electrons. The van der Waals surface area contributed by atoms with Gasteiger partial charge in [0.2, 0.25) is 0 Å². The van der Waals surface area contributed by atoms with Crippen molar-refractivity contribution in [2.24, 2.45) is 0 Å². The van der Waals surface area contributed by atoms with Gasteiger partial charge >= 0.3 is 0 Å². The Hall–Kier alpha value is -5.72. The van der Waals surface area contributed by atoms with Crippen LogP contribution >= 0.6 is 0 Å². The highest BCUT2D eigenvalue weighted by Crippen LogP contribution is 2.56. The number of benzene rings is 7. The molecule has 0 spiro atoms. The lowest BCUT2D eigenvalue weighted by Crippen LogP contribution is -2.23. The fourth-order valence-corrected chi connectivity index (χ4v) is 10.8. The van der Waals surface area contributed by atoms with Crippen molar-refractivity contribution in [2.45, 2.75) is 126 Å². The summed E-state index contributed by atoms with van der Waals surface area (Å²) in [6, 6.07) is 50.0. The maximum Gasteiger partial charge on any atom is 0.0210 e. The zero-order valence-corrected chi connectivity index (χ0v) is 39.0. The molecule has 2 atom stereocenters. The molecule has 0 amide bonds. The van der Waals surface area contributed by atoms with Crippen LogP contribution in [-0.4, -0.2) is 0 Å². The first-order valence-corrected chi connectivity index (χ1v) is 23.3. The highest BCUT2D eigenvalue weighted by Gasteiger charge is 2.42. The zero-order chi connectivity index (χ0) is 43.7. The largest absolute Gasteiger partial charge is 0.0836 e. The summed E-state index contributed by atoms with van der Waals surface area (Å²) in [5.41, 5.74) is 25.9. The molecule has 0 N–H and O–H groups in total. The molecule has 7 aromatic carbocycles. The zero-order valence-electron chi connectivity index (χ0n) is 39.0. The number of fused-ring (bicyclic) bond motifs is 7. The van der Waals surface area contributed by atoms with Gasteiger partial charge in [-0.05, 0) is 169 Å². The van der Waals surface area contributed by atoms with E-state index in [4.69, 9.17) is 0 Å². The van der Waals surface area contributed by atoms with Crippen molar-refractivity contribution in [3.8, 4) is 22.3 Å². The fraction of sp³-hybridized carbons (Fsp3) is 0.302. The van der Waals surface area contributed by atoms with Crippen molar-refractivity contribution < 1.29 is 0 Å². The van der Waals surface area contributed by atoms with Gasteiger partial charge in [-0.3, -0.25) is 0 Å². The maximum absolute atomic E-state index is 2.58. The van der Waals surface area contributed by atoms with Gasteiger partial charge in [0.15, 0.2) is 0 Å². The average molecular weight is 827 g/mol. The first-order valence-electron chi connectivity index (χ1n) is 23.3. The van der Waals surface area contributed by atoms with E-state index in [0.717, 1.165) is 12.8 Å². The SMILES string of the molecule is C.CCC1(CC)c2cc(C(C)C(C)c3ccc(C)cc3-c3cc(C)ccc3C)ccc2-c2c1cc(C)c1ccccc21.Cc1ccc2c(c1)CC1=C2C=CCC1.Cc1ccccc1. The predicted octanol–water partition coefficient (Wildman–Crippen LogP) is 18.0. The lowest BCUT2D eigenvalue weighted by atomic mass is 9.72. The van der Waals surface area contributed by atoms with Crippen molar-refractivity contribution in [3.63, 3.8) is 0 Å². The Kier molecular flexibility index (Phi) is 13.6. The van der Waals surface area contributed by atoms with E-state index in [-0.39, 0.29) is 12.8 Å². The summed E-state index contributed by atoms with van der Waals surface area (Å²) < 4.78 is 0. The van der Waals surface area contributed by atoms with E-state index in [2.05, 4.69) is 197 Å². The van der Waals surface area contributed by atoms with E-state index >= 15 is 0 Å². The molecule has 0 fully saturated rings. The molecule has 0 aromatic heterocycles. The van der Waals surface area contributed by atoms with Gasteiger partial charge < -0.3 is 0 Å². The molecule has 0 nitrogen and oxygen atoms in total. The Morgan fingerprint density at radius 2 is 1.16 bits per heavy atom. The Labute approximate surface area is 380 Å². The maximum atomic E-state index is 2.58. The molecule has 0 heterocycles. The fourth-order valence-electron chi connectivity index (χ4n) is 10.8. The molecule has 322 valence electrons. The Morgan fingerprint density at radius 3 is 1.86 bits per heavy atom. The first-order chi connectivity index (χ1) is 29.9. The molecule has 0 saturated carbocycles. The molecule has 3 aliphatic rings. The van der Waals surface area contributed by atoms with Gasteiger partial charge in [-0.1, -0.05) is 209 Å². The van der Waals surface area contributed by atoms with Gasteiger partial charge in [-0.15, -0.1) is 0 Å². The molecular weight excluding hydrogens is 757 g/mol. The first kappa shape index (κ1) is 45.3. The lowest BCUT2D eigenvalue weighted by molar-refractivity contribution is 0.489. The molecule has 0 aliphatic heterocycles.